The fraction of sp³-hybridized carbons (Fsp3) is 0.444. The number of likely N-dealkylation sites (N-methyl/N-ethyl adjacent to an activating group) is 1. The van der Waals surface area contributed by atoms with Gasteiger partial charge in [-0.3, -0.25) is 19.3 Å². The lowest BCUT2D eigenvalue weighted by molar-refractivity contribution is -0.169. The second-order valence-corrected chi connectivity index (χ2v) is 10.2. The van der Waals surface area contributed by atoms with Crippen molar-refractivity contribution in [3.05, 3.63) is 51.8 Å². The van der Waals surface area contributed by atoms with Crippen LogP contribution in [0.4, 0.5) is 0 Å². The quantitative estimate of drug-likeness (QED) is 0.185. The molecule has 0 radical (unpaired) electrons. The van der Waals surface area contributed by atoms with Gasteiger partial charge in [0.25, 0.3) is 5.91 Å². The lowest BCUT2D eigenvalue weighted by Gasteiger charge is -2.53. The third kappa shape index (κ3) is 3.98. The van der Waals surface area contributed by atoms with Crippen molar-refractivity contribution < 1.29 is 49.8 Å². The number of aliphatic hydroxyl groups excluding tert-OH is 4. The maximum Gasteiger partial charge on any atom is 0.255 e. The number of ether oxygens (including phenoxy) is 1. The highest BCUT2D eigenvalue weighted by Crippen LogP contribution is 2.56. The van der Waals surface area contributed by atoms with E-state index >= 15 is 0 Å². The Balaban J connectivity index is 1.96. The summed E-state index contributed by atoms with van der Waals surface area (Å²) >= 11 is 0. The topological polar surface area (TPSA) is 211 Å². The van der Waals surface area contributed by atoms with Gasteiger partial charge in [0.2, 0.25) is 5.78 Å². The molecule has 12 heteroatoms. The van der Waals surface area contributed by atoms with Crippen molar-refractivity contribution in [1.82, 2.24) is 4.90 Å². The minimum absolute atomic E-state index is 0.140. The molecule has 7 atom stereocenters. The number of hydrogen-bond acceptors (Lipinski definition) is 11. The first-order valence-corrected chi connectivity index (χ1v) is 12.4. The summed E-state index contributed by atoms with van der Waals surface area (Å²) in [6.45, 7) is 3.57. The summed E-state index contributed by atoms with van der Waals surface area (Å²) in [4.78, 5) is 40.5. The summed E-state index contributed by atoms with van der Waals surface area (Å²) in [5.41, 5.74) is 1.29. The lowest BCUT2D eigenvalue weighted by Crippen LogP contribution is -2.70. The first kappa shape index (κ1) is 28.5. The monoisotopic (exact) mass is 544 g/mol. The van der Waals surface area contributed by atoms with Gasteiger partial charge in [0.05, 0.1) is 23.6 Å². The van der Waals surface area contributed by atoms with E-state index < -0.39 is 87.7 Å². The van der Waals surface area contributed by atoms with E-state index in [9.17, 15) is 45.0 Å². The predicted molar refractivity (Wildman–Crippen MR) is 137 cm³/mol. The van der Waals surface area contributed by atoms with E-state index in [1.807, 2.05) is 0 Å². The highest BCUT2D eigenvalue weighted by molar-refractivity contribution is 6.24. The van der Waals surface area contributed by atoms with Crippen LogP contribution in [-0.2, 0) is 19.1 Å². The molecule has 1 fully saturated rings. The van der Waals surface area contributed by atoms with Crippen LogP contribution in [0.5, 0.6) is 5.75 Å². The number of nitrogens with zero attached hydrogens (tertiary/aromatic N) is 1. The van der Waals surface area contributed by atoms with Crippen LogP contribution in [-0.4, -0.2) is 97.8 Å². The van der Waals surface area contributed by atoms with Crippen molar-refractivity contribution >= 4 is 29.3 Å². The Morgan fingerprint density at radius 2 is 1.87 bits per heavy atom. The number of rotatable bonds is 6. The third-order valence-corrected chi connectivity index (χ3v) is 7.94. The number of carbonyl (C=O) groups excluding carboxylic acids is 3. The molecule has 0 bridgehead atoms. The average molecular weight is 545 g/mol. The van der Waals surface area contributed by atoms with Crippen molar-refractivity contribution in [2.45, 2.75) is 43.8 Å². The molecule has 39 heavy (non-hydrogen) atoms. The van der Waals surface area contributed by atoms with Crippen LogP contribution >= 0.6 is 0 Å². The maximum absolute atomic E-state index is 14.0. The first-order chi connectivity index (χ1) is 18.2. The van der Waals surface area contributed by atoms with E-state index in [-0.39, 0.29) is 17.7 Å². The van der Waals surface area contributed by atoms with Crippen LogP contribution in [0.25, 0.3) is 11.8 Å². The molecule has 0 spiro atoms. The summed E-state index contributed by atoms with van der Waals surface area (Å²) in [6.07, 6.45) is -0.297. The van der Waals surface area contributed by atoms with Crippen LogP contribution in [0.15, 0.2) is 35.1 Å². The molecule has 1 aromatic rings. The Bertz CT molecular complexity index is 1350. The largest absolute Gasteiger partial charge is 0.508 e. The van der Waals surface area contributed by atoms with Crippen LogP contribution in [0.1, 0.15) is 36.5 Å². The Morgan fingerprint density at radius 1 is 1.23 bits per heavy atom. The van der Waals surface area contributed by atoms with Gasteiger partial charge in [0, 0.05) is 23.7 Å². The van der Waals surface area contributed by atoms with Gasteiger partial charge >= 0.3 is 0 Å². The van der Waals surface area contributed by atoms with Crippen LogP contribution in [0.2, 0.25) is 0 Å². The zero-order valence-corrected chi connectivity index (χ0v) is 21.8. The Kier molecular flexibility index (Phi) is 7.21. The minimum atomic E-state index is -2.97. The molecule has 0 aromatic heterocycles. The van der Waals surface area contributed by atoms with Crippen molar-refractivity contribution in [2.24, 2.45) is 17.6 Å². The smallest absolute Gasteiger partial charge is 0.255 e. The number of benzene rings is 1. The molecule has 8 N–H and O–H groups in total. The van der Waals surface area contributed by atoms with Crippen LogP contribution < -0.4 is 5.73 Å². The second-order valence-electron chi connectivity index (χ2n) is 10.2. The summed E-state index contributed by atoms with van der Waals surface area (Å²) in [7, 11) is 2.89. The van der Waals surface area contributed by atoms with E-state index in [1.54, 1.807) is 19.9 Å². The number of ketones is 2. The van der Waals surface area contributed by atoms with Crippen molar-refractivity contribution in [2.75, 3.05) is 20.7 Å². The number of carbonyl (C=O) groups is 3. The molecule has 0 heterocycles. The number of aliphatic hydroxyl groups is 5. The fourth-order valence-electron chi connectivity index (χ4n) is 6.18. The number of hydrogen-bond donors (Lipinski definition) is 7. The van der Waals surface area contributed by atoms with E-state index in [0.29, 0.717) is 5.56 Å². The summed E-state index contributed by atoms with van der Waals surface area (Å²) in [6, 6.07) is 1.68. The zero-order valence-electron chi connectivity index (χ0n) is 21.8. The molecule has 4 rings (SSSR count). The van der Waals surface area contributed by atoms with E-state index in [2.05, 4.69) is 0 Å². The SMILES string of the molecule is CCOC(O)/C=C/c1ccc2c(c1O)C(O)=C1C(=O)[C@]3(O)C(O)=C(C(N)=O)C(=O)[C@@H](N(C)C)[C@@H]3[C@@H](O)[C@@H]1[C@H]2C. The number of primary amides is 1. The number of phenols is 1. The molecule has 1 amide bonds. The standard InChI is InChI=1S/C27H32N2O10/c1-5-39-13(30)9-7-11-6-8-12-10(2)14-16(21(32)15(12)20(11)31)24(35)27(38)18(22(14)33)19(29(3)4)23(34)17(25(27)36)26(28)37/h6-10,13-14,18-19,22,30-33,36,38H,5H2,1-4H3,(H2,28,37)/b9-7+/t10-,13?,14+,18+,19-,22-,27-/m0/s1. The number of amides is 1. The minimum Gasteiger partial charge on any atom is -0.508 e. The lowest BCUT2D eigenvalue weighted by atomic mass is 9.54. The van der Waals surface area contributed by atoms with Crippen molar-refractivity contribution in [3.63, 3.8) is 0 Å². The number of nitrogens with two attached hydrogens (primary N) is 1. The van der Waals surface area contributed by atoms with Gasteiger partial charge in [-0.2, -0.15) is 0 Å². The van der Waals surface area contributed by atoms with E-state index in [1.165, 1.54) is 37.2 Å². The van der Waals surface area contributed by atoms with E-state index in [0.717, 1.165) is 0 Å². The molecule has 12 nitrogen and oxygen atoms in total. The van der Waals surface area contributed by atoms with Gasteiger partial charge < -0.3 is 41.1 Å². The van der Waals surface area contributed by atoms with Gasteiger partial charge in [0.15, 0.2) is 17.7 Å². The molecular weight excluding hydrogens is 512 g/mol. The van der Waals surface area contributed by atoms with Crippen molar-refractivity contribution in [1.29, 1.82) is 0 Å². The first-order valence-electron chi connectivity index (χ1n) is 12.4. The number of fused-ring (bicyclic) bond motifs is 3. The number of aromatic hydroxyl groups is 1. The molecule has 1 aromatic carbocycles. The molecule has 0 aliphatic heterocycles. The molecular formula is C27H32N2O10. The average Bonchev–Trinajstić information content (AvgIpc) is 2.85. The number of phenolic OH excluding ortho intramolecular Hbond substituents is 1. The highest BCUT2D eigenvalue weighted by Gasteiger charge is 2.68. The zero-order chi connectivity index (χ0) is 29.1. The van der Waals surface area contributed by atoms with Gasteiger partial charge in [-0.1, -0.05) is 25.1 Å². The molecule has 3 aliphatic carbocycles. The Labute approximate surface area is 223 Å². The Morgan fingerprint density at radius 3 is 2.44 bits per heavy atom. The third-order valence-electron chi connectivity index (χ3n) is 7.94. The van der Waals surface area contributed by atoms with Crippen LogP contribution in [0.3, 0.4) is 0 Å². The molecule has 210 valence electrons. The predicted octanol–water partition coefficient (Wildman–Crippen LogP) is -0.136. The van der Waals surface area contributed by atoms with E-state index in [4.69, 9.17) is 10.5 Å². The molecule has 1 unspecified atom stereocenters. The van der Waals surface area contributed by atoms with Gasteiger partial charge in [-0.25, -0.2) is 0 Å². The molecule has 0 saturated heterocycles. The highest BCUT2D eigenvalue weighted by atomic mass is 16.6. The van der Waals surface area contributed by atoms with Crippen molar-refractivity contribution in [3.8, 4) is 5.75 Å². The normalized spacial score (nSPS) is 31.4. The van der Waals surface area contributed by atoms with Gasteiger partial charge in [0.1, 0.15) is 22.8 Å². The fourth-order valence-corrected chi connectivity index (χ4v) is 6.18. The van der Waals surface area contributed by atoms with Crippen LogP contribution in [0, 0.1) is 11.8 Å². The summed E-state index contributed by atoms with van der Waals surface area (Å²) < 4.78 is 5.02. The molecule has 3 aliphatic rings. The van der Waals surface area contributed by atoms with Gasteiger partial charge in [-0.05, 0) is 38.6 Å². The summed E-state index contributed by atoms with van der Waals surface area (Å²) in [5, 5.41) is 66.4. The second kappa shape index (κ2) is 9.88. The van der Waals surface area contributed by atoms with Gasteiger partial charge in [-0.15, -0.1) is 0 Å². The summed E-state index contributed by atoms with van der Waals surface area (Å²) in [5.74, 6) is -9.52. The maximum atomic E-state index is 14.0. The number of Topliss-reactive ketones (excluding diaryl/α,β-unsaturated/α-hetero) is 2. The Hall–Kier alpha value is -3.55. The molecule has 1 saturated carbocycles.